The summed E-state index contributed by atoms with van der Waals surface area (Å²) in [6.07, 6.45) is 1.89. The van der Waals surface area contributed by atoms with Crippen LogP contribution in [0.25, 0.3) is 0 Å². The lowest BCUT2D eigenvalue weighted by Gasteiger charge is -2.06. The van der Waals surface area contributed by atoms with Gasteiger partial charge >= 0.3 is 0 Å². The van der Waals surface area contributed by atoms with E-state index in [0.717, 1.165) is 22.9 Å². The Hall–Kier alpha value is -1.55. The molecule has 1 heterocycles. The SMILES string of the molecule is Cc1ncc(CNc2ccccc2N)s1. The maximum absolute atomic E-state index is 5.82. The summed E-state index contributed by atoms with van der Waals surface area (Å²) in [6, 6.07) is 7.76. The van der Waals surface area contributed by atoms with Crippen LogP contribution in [-0.2, 0) is 6.54 Å². The Morgan fingerprint density at radius 1 is 1.40 bits per heavy atom. The van der Waals surface area contributed by atoms with Gasteiger partial charge in [0.25, 0.3) is 0 Å². The topological polar surface area (TPSA) is 50.9 Å². The molecular weight excluding hydrogens is 206 g/mol. The lowest BCUT2D eigenvalue weighted by molar-refractivity contribution is 1.17. The zero-order valence-electron chi connectivity index (χ0n) is 8.53. The third kappa shape index (κ3) is 2.47. The van der Waals surface area contributed by atoms with Gasteiger partial charge in [0.2, 0.25) is 0 Å². The van der Waals surface area contributed by atoms with Crippen molar-refractivity contribution in [1.29, 1.82) is 0 Å². The van der Waals surface area contributed by atoms with Crippen LogP contribution in [-0.4, -0.2) is 4.98 Å². The maximum atomic E-state index is 5.82. The number of anilines is 2. The Kier molecular flexibility index (Phi) is 2.87. The van der Waals surface area contributed by atoms with Gasteiger partial charge in [-0.25, -0.2) is 4.98 Å². The summed E-state index contributed by atoms with van der Waals surface area (Å²) in [5, 5.41) is 4.38. The minimum atomic E-state index is 0.777. The molecule has 0 radical (unpaired) electrons. The van der Waals surface area contributed by atoms with Crippen molar-refractivity contribution >= 4 is 22.7 Å². The Morgan fingerprint density at radius 3 is 2.87 bits per heavy atom. The molecule has 0 spiro atoms. The molecule has 0 bridgehead atoms. The monoisotopic (exact) mass is 219 g/mol. The number of aryl methyl sites for hydroxylation is 1. The van der Waals surface area contributed by atoms with E-state index >= 15 is 0 Å². The average molecular weight is 219 g/mol. The molecule has 0 amide bonds. The number of hydrogen-bond acceptors (Lipinski definition) is 4. The van der Waals surface area contributed by atoms with Crippen LogP contribution in [0.3, 0.4) is 0 Å². The van der Waals surface area contributed by atoms with Gasteiger partial charge in [0.1, 0.15) is 0 Å². The van der Waals surface area contributed by atoms with Crippen molar-refractivity contribution in [3.8, 4) is 0 Å². The molecule has 0 fully saturated rings. The number of aromatic nitrogens is 1. The number of benzene rings is 1. The first-order chi connectivity index (χ1) is 7.25. The smallest absolute Gasteiger partial charge is 0.0897 e. The van der Waals surface area contributed by atoms with Crippen molar-refractivity contribution < 1.29 is 0 Å². The van der Waals surface area contributed by atoms with E-state index in [1.807, 2.05) is 37.4 Å². The number of hydrogen-bond donors (Lipinski definition) is 2. The summed E-state index contributed by atoms with van der Waals surface area (Å²) in [7, 11) is 0. The fourth-order valence-electron chi connectivity index (χ4n) is 1.33. The predicted octanol–water partition coefficient (Wildman–Crippen LogP) is 2.65. The molecule has 0 aliphatic rings. The number of thiazole rings is 1. The highest BCUT2D eigenvalue weighted by Crippen LogP contribution is 2.19. The van der Waals surface area contributed by atoms with E-state index in [9.17, 15) is 0 Å². The van der Waals surface area contributed by atoms with Crippen molar-refractivity contribution in [2.75, 3.05) is 11.1 Å². The van der Waals surface area contributed by atoms with E-state index in [2.05, 4.69) is 10.3 Å². The number of nitrogens with two attached hydrogens (primary N) is 1. The van der Waals surface area contributed by atoms with E-state index in [-0.39, 0.29) is 0 Å². The summed E-state index contributed by atoms with van der Waals surface area (Å²) < 4.78 is 0. The van der Waals surface area contributed by atoms with Gasteiger partial charge in [0.05, 0.1) is 22.9 Å². The Labute approximate surface area is 93.0 Å². The molecule has 0 atom stereocenters. The molecule has 0 unspecified atom stereocenters. The van der Waals surface area contributed by atoms with E-state index in [1.165, 1.54) is 4.88 Å². The second-order valence-electron chi connectivity index (χ2n) is 3.29. The molecule has 0 saturated carbocycles. The van der Waals surface area contributed by atoms with Gasteiger partial charge < -0.3 is 11.1 Å². The van der Waals surface area contributed by atoms with Crippen molar-refractivity contribution in [1.82, 2.24) is 4.98 Å². The van der Waals surface area contributed by atoms with Crippen molar-refractivity contribution in [2.24, 2.45) is 0 Å². The highest BCUT2D eigenvalue weighted by molar-refractivity contribution is 7.11. The van der Waals surface area contributed by atoms with Crippen LogP contribution in [0, 0.1) is 6.92 Å². The van der Waals surface area contributed by atoms with Crippen LogP contribution in [0.4, 0.5) is 11.4 Å². The van der Waals surface area contributed by atoms with Crippen LogP contribution in [0.1, 0.15) is 9.88 Å². The van der Waals surface area contributed by atoms with E-state index in [0.29, 0.717) is 0 Å². The molecule has 1 aromatic carbocycles. The van der Waals surface area contributed by atoms with Crippen LogP contribution < -0.4 is 11.1 Å². The number of rotatable bonds is 3. The third-order valence-electron chi connectivity index (χ3n) is 2.08. The summed E-state index contributed by atoms with van der Waals surface area (Å²) in [4.78, 5) is 5.42. The Morgan fingerprint density at radius 2 is 2.20 bits per heavy atom. The van der Waals surface area contributed by atoms with E-state index in [1.54, 1.807) is 11.3 Å². The highest BCUT2D eigenvalue weighted by Gasteiger charge is 1.99. The average Bonchev–Trinajstić information content (AvgIpc) is 2.63. The second-order valence-corrected chi connectivity index (χ2v) is 4.61. The Bertz CT molecular complexity index is 451. The van der Waals surface area contributed by atoms with Crippen LogP contribution in [0.5, 0.6) is 0 Å². The van der Waals surface area contributed by atoms with Gasteiger partial charge in [0.15, 0.2) is 0 Å². The normalized spacial score (nSPS) is 10.2. The summed E-state index contributed by atoms with van der Waals surface area (Å²) >= 11 is 1.70. The van der Waals surface area contributed by atoms with Crippen LogP contribution in [0.2, 0.25) is 0 Å². The molecule has 4 heteroatoms. The zero-order valence-corrected chi connectivity index (χ0v) is 9.34. The van der Waals surface area contributed by atoms with Gasteiger partial charge in [-0.05, 0) is 19.1 Å². The fourth-order valence-corrected chi connectivity index (χ4v) is 2.06. The largest absolute Gasteiger partial charge is 0.397 e. The van der Waals surface area contributed by atoms with Gasteiger partial charge in [-0.3, -0.25) is 0 Å². The van der Waals surface area contributed by atoms with Crippen LogP contribution >= 0.6 is 11.3 Å². The number of nitrogen functional groups attached to an aromatic ring is 1. The molecule has 0 saturated heterocycles. The molecule has 2 aromatic rings. The summed E-state index contributed by atoms with van der Waals surface area (Å²) in [6.45, 7) is 2.78. The third-order valence-corrected chi connectivity index (χ3v) is 3.00. The fraction of sp³-hybridized carbons (Fsp3) is 0.182. The first-order valence-corrected chi connectivity index (χ1v) is 5.57. The molecule has 2 rings (SSSR count). The molecule has 1 aromatic heterocycles. The standard InChI is InChI=1S/C11H13N3S/c1-8-13-6-9(15-8)7-14-11-5-3-2-4-10(11)12/h2-6,14H,7,12H2,1H3. The quantitative estimate of drug-likeness (QED) is 0.780. The first kappa shape index (κ1) is 9.98. The van der Waals surface area contributed by atoms with Gasteiger partial charge in [-0.15, -0.1) is 11.3 Å². The summed E-state index contributed by atoms with van der Waals surface area (Å²) in [5.74, 6) is 0. The molecule has 3 nitrogen and oxygen atoms in total. The van der Waals surface area contributed by atoms with E-state index < -0.39 is 0 Å². The lowest BCUT2D eigenvalue weighted by Crippen LogP contribution is -2.00. The van der Waals surface area contributed by atoms with Gasteiger partial charge in [-0.1, -0.05) is 12.1 Å². The number of nitrogens with one attached hydrogen (secondary N) is 1. The zero-order chi connectivity index (χ0) is 10.7. The Balaban J connectivity index is 2.02. The number of para-hydroxylation sites is 2. The minimum absolute atomic E-state index is 0.777. The van der Waals surface area contributed by atoms with Gasteiger partial charge in [-0.2, -0.15) is 0 Å². The van der Waals surface area contributed by atoms with Crippen molar-refractivity contribution in [2.45, 2.75) is 13.5 Å². The van der Waals surface area contributed by atoms with E-state index in [4.69, 9.17) is 5.73 Å². The second kappa shape index (κ2) is 4.31. The molecular formula is C11H13N3S. The minimum Gasteiger partial charge on any atom is -0.397 e. The van der Waals surface area contributed by atoms with Crippen LogP contribution in [0.15, 0.2) is 30.5 Å². The maximum Gasteiger partial charge on any atom is 0.0897 e. The first-order valence-electron chi connectivity index (χ1n) is 4.75. The van der Waals surface area contributed by atoms with Gasteiger partial charge in [0, 0.05) is 11.1 Å². The predicted molar refractivity (Wildman–Crippen MR) is 65.0 cm³/mol. The lowest BCUT2D eigenvalue weighted by atomic mass is 10.2. The molecule has 3 N–H and O–H groups in total. The molecule has 78 valence electrons. The molecule has 0 aliphatic heterocycles. The molecule has 15 heavy (non-hydrogen) atoms. The number of nitrogens with zero attached hydrogens (tertiary/aromatic N) is 1. The summed E-state index contributed by atoms with van der Waals surface area (Å²) in [5.41, 5.74) is 7.57. The van der Waals surface area contributed by atoms with Crippen molar-refractivity contribution in [3.63, 3.8) is 0 Å². The molecule has 0 aliphatic carbocycles. The van der Waals surface area contributed by atoms with Crippen molar-refractivity contribution in [3.05, 3.63) is 40.3 Å². The highest BCUT2D eigenvalue weighted by atomic mass is 32.1.